The normalized spacial score (nSPS) is 22.2. The summed E-state index contributed by atoms with van der Waals surface area (Å²) in [5.74, 6) is 1.01. The van der Waals surface area contributed by atoms with Crippen LogP contribution in [-0.4, -0.2) is 0 Å². The average molecular weight is 521 g/mol. The van der Waals surface area contributed by atoms with Gasteiger partial charge in [-0.2, -0.15) is 0 Å². The Morgan fingerprint density at radius 2 is 1.09 bits per heavy atom. The summed E-state index contributed by atoms with van der Waals surface area (Å²) in [4.78, 5) is 13.4. The van der Waals surface area contributed by atoms with Gasteiger partial charge in [-0.1, -0.05) is 87.8 Å². The predicted octanol–water partition coefficient (Wildman–Crippen LogP) is 4.58. The first-order chi connectivity index (χ1) is 16.1. The molecule has 2 aliphatic carbocycles. The Morgan fingerprint density at radius 1 is 0.714 bits per heavy atom. The number of hydrogen-bond acceptors (Lipinski definition) is 4. The second-order valence-electron chi connectivity index (χ2n) is 11.7. The summed E-state index contributed by atoms with van der Waals surface area (Å²) < 4.78 is 25.1. The minimum Gasteiger partial charge on any atom is -0.736 e. The van der Waals surface area contributed by atoms with E-state index in [0.717, 1.165) is 84.7 Å². The Morgan fingerprint density at radius 3 is 1.46 bits per heavy atom. The Labute approximate surface area is 253 Å². The van der Waals surface area contributed by atoms with Crippen molar-refractivity contribution in [3.63, 3.8) is 0 Å². The van der Waals surface area contributed by atoms with E-state index in [1.165, 1.54) is 12.8 Å². The van der Waals surface area contributed by atoms with E-state index in [-0.39, 0.29) is 62.2 Å². The van der Waals surface area contributed by atoms with E-state index in [0.29, 0.717) is 17.9 Å². The molecule has 2 aromatic rings. The van der Waals surface area contributed by atoms with Crippen molar-refractivity contribution in [1.29, 1.82) is 0 Å². The zero-order valence-corrected chi connectivity index (χ0v) is 26.2. The summed E-state index contributed by atoms with van der Waals surface area (Å²) in [6.45, 7) is 8.74. The Balaban J connectivity index is 0.00000289. The summed E-state index contributed by atoms with van der Waals surface area (Å²) in [6.07, 6.45) is 11.9. The molecule has 0 N–H and O–H groups in total. The smallest absolute Gasteiger partial charge is 0.736 e. The van der Waals surface area contributed by atoms with Gasteiger partial charge in [-0.3, -0.25) is 0 Å². The molecule has 1 heterocycles. The monoisotopic (exact) mass is 520 g/mol. The largest absolute Gasteiger partial charge is 1.00 e. The number of fused-ring (bicyclic) bond motifs is 2. The molecular formula is C29H38KO4P. The van der Waals surface area contributed by atoms with E-state index in [1.54, 1.807) is 0 Å². The molecule has 0 atom stereocenters. The second-order valence-corrected chi connectivity index (χ2v) is 12.9. The van der Waals surface area contributed by atoms with Crippen LogP contribution in [0.4, 0.5) is 0 Å². The van der Waals surface area contributed by atoms with Crippen molar-refractivity contribution in [3.8, 4) is 11.5 Å². The first-order valence-electron chi connectivity index (χ1n) is 13.1. The van der Waals surface area contributed by atoms with Crippen molar-refractivity contribution < 1.29 is 69.9 Å². The number of hydrogen-bond donors (Lipinski definition) is 0. The molecule has 2 aromatic carbocycles. The molecular weight excluding hydrogens is 482 g/mol. The van der Waals surface area contributed by atoms with E-state index in [2.05, 4.69) is 52.0 Å². The van der Waals surface area contributed by atoms with Gasteiger partial charge in [0, 0.05) is 17.5 Å². The van der Waals surface area contributed by atoms with E-state index < -0.39 is 7.82 Å². The summed E-state index contributed by atoms with van der Waals surface area (Å²) >= 11 is 0. The van der Waals surface area contributed by atoms with E-state index >= 15 is 0 Å². The first-order valence-corrected chi connectivity index (χ1v) is 14.5. The number of benzene rings is 2. The number of aryl methyl sites for hydroxylation is 2. The van der Waals surface area contributed by atoms with Crippen LogP contribution in [0, 0.1) is 13.8 Å². The second kappa shape index (κ2) is 10.6. The van der Waals surface area contributed by atoms with Gasteiger partial charge < -0.3 is 13.9 Å². The first kappa shape index (κ1) is 27.9. The summed E-state index contributed by atoms with van der Waals surface area (Å²) in [5, 5.41) is 0. The standard InChI is InChI=1S/C29H39O4P.K/c1-20-15-22-19-23-16-21(2)18-25(29(4)13-9-6-10-14-29)27(23)33-34(30,31)32-26(22)24(17-20)28(3)11-7-5-8-12-28;/h15-18H,5-14,19H2,1-4H3,(H,30,31);/q;+1/p-1. The van der Waals surface area contributed by atoms with Crippen LogP contribution in [0.25, 0.3) is 0 Å². The molecule has 0 bridgehead atoms. The van der Waals surface area contributed by atoms with Gasteiger partial charge in [-0.05, 0) is 61.5 Å². The van der Waals surface area contributed by atoms with Crippen molar-refractivity contribution in [1.82, 2.24) is 0 Å². The molecule has 6 heteroatoms. The molecule has 0 saturated heterocycles. The topological polar surface area (TPSA) is 58.6 Å². The molecule has 3 aliphatic rings. The van der Waals surface area contributed by atoms with Gasteiger partial charge >= 0.3 is 59.2 Å². The molecule has 4 nitrogen and oxygen atoms in total. The van der Waals surface area contributed by atoms with Crippen LogP contribution in [0.3, 0.4) is 0 Å². The maximum Gasteiger partial charge on any atom is 1.00 e. The molecule has 5 rings (SSSR count). The quantitative estimate of drug-likeness (QED) is 0.430. The van der Waals surface area contributed by atoms with E-state index in [4.69, 9.17) is 9.05 Å². The Hall–Kier alpha value is -0.134. The van der Waals surface area contributed by atoms with Crippen LogP contribution < -0.4 is 65.3 Å². The van der Waals surface area contributed by atoms with Gasteiger partial charge in [0.1, 0.15) is 11.5 Å². The zero-order valence-electron chi connectivity index (χ0n) is 22.2. The van der Waals surface area contributed by atoms with Crippen LogP contribution >= 0.6 is 7.82 Å². The van der Waals surface area contributed by atoms with Crippen molar-refractivity contribution in [2.24, 2.45) is 0 Å². The molecule has 35 heavy (non-hydrogen) atoms. The number of phosphoric acid groups is 1. The fraction of sp³-hybridized carbons (Fsp3) is 0.586. The van der Waals surface area contributed by atoms with Crippen molar-refractivity contribution in [3.05, 3.63) is 57.6 Å². The predicted molar refractivity (Wildman–Crippen MR) is 135 cm³/mol. The maximum absolute atomic E-state index is 13.4. The van der Waals surface area contributed by atoms with Gasteiger partial charge in [0.2, 0.25) is 0 Å². The SMILES string of the molecule is Cc1cc2c(c(C3(C)CCCCC3)c1)OP(=O)([O-])Oc1c(cc(C)cc1C1(C)CCCCC1)C2.[K+]. The van der Waals surface area contributed by atoms with Crippen LogP contribution in [-0.2, 0) is 21.8 Å². The minimum absolute atomic E-state index is 0. The van der Waals surface area contributed by atoms with Crippen molar-refractivity contribution >= 4 is 7.82 Å². The summed E-state index contributed by atoms with van der Waals surface area (Å²) in [6, 6.07) is 8.48. The van der Waals surface area contributed by atoms with Gasteiger partial charge in [0.05, 0.1) is 0 Å². The third-order valence-corrected chi connectivity index (χ3v) is 9.43. The van der Waals surface area contributed by atoms with Crippen LogP contribution in [0.15, 0.2) is 24.3 Å². The minimum atomic E-state index is -4.62. The zero-order chi connectivity index (χ0) is 24.1. The van der Waals surface area contributed by atoms with Crippen molar-refractivity contribution in [2.45, 2.75) is 109 Å². The van der Waals surface area contributed by atoms with Gasteiger partial charge in [0.15, 0.2) is 0 Å². The molecule has 2 fully saturated rings. The number of phosphoric ester groups is 1. The third kappa shape index (κ3) is 5.67. The maximum atomic E-state index is 13.4. The van der Waals surface area contributed by atoms with Crippen LogP contribution in [0.5, 0.6) is 11.5 Å². The van der Waals surface area contributed by atoms with Gasteiger partial charge in [-0.25, -0.2) is 4.57 Å². The fourth-order valence-electron chi connectivity index (χ4n) is 6.72. The average Bonchev–Trinajstić information content (AvgIpc) is 2.77. The molecule has 2 saturated carbocycles. The van der Waals surface area contributed by atoms with E-state index in [1.807, 2.05) is 0 Å². The van der Waals surface area contributed by atoms with Gasteiger partial charge in [0.25, 0.3) is 0 Å². The molecule has 0 spiro atoms. The Kier molecular flexibility index (Phi) is 8.41. The summed E-state index contributed by atoms with van der Waals surface area (Å²) in [7, 11) is -4.62. The van der Waals surface area contributed by atoms with Gasteiger partial charge in [-0.15, -0.1) is 0 Å². The number of rotatable bonds is 2. The molecule has 0 aromatic heterocycles. The van der Waals surface area contributed by atoms with E-state index in [9.17, 15) is 9.46 Å². The molecule has 1 aliphatic heterocycles. The Bertz CT molecular complexity index is 1060. The van der Waals surface area contributed by atoms with Crippen LogP contribution in [0.1, 0.15) is 111 Å². The fourth-order valence-corrected chi connectivity index (χ4v) is 7.64. The van der Waals surface area contributed by atoms with Crippen LogP contribution in [0.2, 0.25) is 0 Å². The molecule has 0 unspecified atom stereocenters. The third-order valence-electron chi connectivity index (χ3n) is 8.62. The molecule has 184 valence electrons. The molecule has 0 amide bonds. The van der Waals surface area contributed by atoms with Crippen molar-refractivity contribution in [2.75, 3.05) is 0 Å². The summed E-state index contributed by atoms with van der Waals surface area (Å²) in [5.41, 5.74) is 6.10. The molecule has 0 radical (unpaired) electrons.